The molecular weight excluding hydrogens is 346 g/mol. The Labute approximate surface area is 128 Å². The summed E-state index contributed by atoms with van der Waals surface area (Å²) in [4.78, 5) is 0. The van der Waals surface area contributed by atoms with Crippen LogP contribution in [-0.4, -0.2) is 11.9 Å². The van der Waals surface area contributed by atoms with E-state index in [1.165, 1.54) is 19.1 Å². The third-order valence-corrected chi connectivity index (χ3v) is 3.95. The first-order valence-corrected chi connectivity index (χ1v) is 7.00. The molecule has 3 nitrogen and oxygen atoms in total. The Morgan fingerprint density at radius 3 is 2.71 bits per heavy atom. The number of halogens is 3. The molecule has 2 aromatic rings. The highest BCUT2D eigenvalue weighted by molar-refractivity contribution is 9.10. The minimum absolute atomic E-state index is 0.0843. The molecule has 0 aliphatic carbocycles. The quantitative estimate of drug-likeness (QED) is 0.888. The van der Waals surface area contributed by atoms with E-state index in [1.807, 2.05) is 0 Å². The second kappa shape index (κ2) is 5.27. The van der Waals surface area contributed by atoms with E-state index in [1.54, 1.807) is 12.1 Å². The highest BCUT2D eigenvalue weighted by atomic mass is 79.9. The maximum Gasteiger partial charge on any atom is 0.231 e. The zero-order valence-corrected chi connectivity index (χ0v) is 12.6. The van der Waals surface area contributed by atoms with Gasteiger partial charge in [-0.1, -0.05) is 12.1 Å². The van der Waals surface area contributed by atoms with Gasteiger partial charge in [-0.25, -0.2) is 8.78 Å². The predicted molar refractivity (Wildman–Crippen MR) is 75.4 cm³/mol. The molecule has 6 heteroatoms. The Kier molecular flexibility index (Phi) is 3.59. The Hall–Kier alpha value is -1.66. The van der Waals surface area contributed by atoms with Gasteiger partial charge in [0.1, 0.15) is 6.10 Å². The second-order valence-electron chi connectivity index (χ2n) is 4.74. The fraction of sp³-hybridized carbons (Fsp3) is 0.200. The van der Waals surface area contributed by atoms with Crippen molar-refractivity contribution >= 4 is 15.9 Å². The van der Waals surface area contributed by atoms with Crippen LogP contribution in [0.4, 0.5) is 8.78 Å². The number of fused-ring (bicyclic) bond motifs is 1. The molecule has 1 aliphatic rings. The summed E-state index contributed by atoms with van der Waals surface area (Å²) in [6.45, 7) is 1.55. The molecule has 0 spiro atoms. The van der Waals surface area contributed by atoms with Crippen molar-refractivity contribution in [3.05, 3.63) is 57.1 Å². The van der Waals surface area contributed by atoms with Crippen molar-refractivity contribution in [2.45, 2.75) is 13.0 Å². The SMILES string of the molecule is Cc1ccc(C(O)c2cc(Br)c3c(c2)OCO3)c(F)c1F. The van der Waals surface area contributed by atoms with Crippen LogP contribution in [-0.2, 0) is 0 Å². The molecule has 1 heterocycles. The molecule has 21 heavy (non-hydrogen) atoms. The summed E-state index contributed by atoms with van der Waals surface area (Å²) in [5.41, 5.74) is 0.451. The van der Waals surface area contributed by atoms with Crippen molar-refractivity contribution < 1.29 is 23.4 Å². The van der Waals surface area contributed by atoms with Gasteiger partial charge in [0.25, 0.3) is 0 Å². The minimum atomic E-state index is -1.30. The number of rotatable bonds is 2. The summed E-state index contributed by atoms with van der Waals surface area (Å²) < 4.78 is 38.7. The zero-order chi connectivity index (χ0) is 15.1. The lowest BCUT2D eigenvalue weighted by Crippen LogP contribution is -2.05. The van der Waals surface area contributed by atoms with Crippen LogP contribution in [0.15, 0.2) is 28.7 Å². The van der Waals surface area contributed by atoms with E-state index >= 15 is 0 Å². The van der Waals surface area contributed by atoms with Crippen molar-refractivity contribution in [1.82, 2.24) is 0 Å². The molecule has 1 atom stereocenters. The highest BCUT2D eigenvalue weighted by Crippen LogP contribution is 2.42. The molecule has 0 aromatic heterocycles. The van der Waals surface area contributed by atoms with Gasteiger partial charge in [-0.15, -0.1) is 0 Å². The van der Waals surface area contributed by atoms with Gasteiger partial charge in [-0.3, -0.25) is 0 Å². The van der Waals surface area contributed by atoms with Gasteiger partial charge in [0.2, 0.25) is 6.79 Å². The zero-order valence-electron chi connectivity index (χ0n) is 11.0. The molecule has 0 saturated heterocycles. The predicted octanol–water partition coefficient (Wildman–Crippen LogP) is 3.85. The third-order valence-electron chi connectivity index (χ3n) is 3.37. The Morgan fingerprint density at radius 1 is 1.19 bits per heavy atom. The molecule has 0 bridgehead atoms. The van der Waals surface area contributed by atoms with Crippen molar-refractivity contribution in [3.63, 3.8) is 0 Å². The average molecular weight is 357 g/mol. The van der Waals surface area contributed by atoms with E-state index in [9.17, 15) is 13.9 Å². The van der Waals surface area contributed by atoms with E-state index in [0.717, 1.165) is 0 Å². The van der Waals surface area contributed by atoms with Crippen molar-refractivity contribution in [1.29, 1.82) is 0 Å². The number of aliphatic hydroxyl groups excluding tert-OH is 1. The lowest BCUT2D eigenvalue weighted by molar-refractivity contribution is 0.173. The summed E-state index contributed by atoms with van der Waals surface area (Å²) in [7, 11) is 0. The number of benzene rings is 2. The van der Waals surface area contributed by atoms with Crippen molar-refractivity contribution in [2.75, 3.05) is 6.79 Å². The summed E-state index contributed by atoms with van der Waals surface area (Å²) in [5.74, 6) is -1.02. The fourth-order valence-corrected chi connectivity index (χ4v) is 2.77. The lowest BCUT2D eigenvalue weighted by atomic mass is 9.99. The lowest BCUT2D eigenvalue weighted by Gasteiger charge is -2.15. The van der Waals surface area contributed by atoms with Crippen molar-refractivity contribution in [2.24, 2.45) is 0 Å². The van der Waals surface area contributed by atoms with E-state index in [0.29, 0.717) is 21.5 Å². The topological polar surface area (TPSA) is 38.7 Å². The Morgan fingerprint density at radius 2 is 1.95 bits per heavy atom. The smallest absolute Gasteiger partial charge is 0.231 e. The van der Waals surface area contributed by atoms with Crippen LogP contribution in [0.25, 0.3) is 0 Å². The summed E-state index contributed by atoms with van der Waals surface area (Å²) in [6.07, 6.45) is -1.30. The number of aliphatic hydroxyl groups is 1. The Bertz CT molecular complexity index is 719. The molecule has 2 aromatic carbocycles. The van der Waals surface area contributed by atoms with Crippen LogP contribution >= 0.6 is 15.9 Å². The van der Waals surface area contributed by atoms with Crippen LogP contribution in [0.5, 0.6) is 11.5 Å². The molecule has 0 amide bonds. The molecular formula is C15H11BrF2O3. The first kappa shape index (κ1) is 14.3. The standard InChI is InChI=1S/C15H11BrF2O3/c1-7-2-3-9(13(18)12(7)17)14(19)8-4-10(16)15-11(5-8)20-6-21-15/h2-5,14,19H,6H2,1H3. The molecule has 0 radical (unpaired) electrons. The van der Waals surface area contributed by atoms with Crippen LogP contribution in [0.3, 0.4) is 0 Å². The maximum absolute atomic E-state index is 14.0. The maximum atomic E-state index is 14.0. The number of hydrogen-bond acceptors (Lipinski definition) is 3. The fourth-order valence-electron chi connectivity index (χ4n) is 2.20. The molecule has 1 aliphatic heterocycles. The molecule has 0 fully saturated rings. The largest absolute Gasteiger partial charge is 0.454 e. The number of ether oxygens (including phenoxy) is 2. The summed E-state index contributed by atoms with van der Waals surface area (Å²) in [5, 5.41) is 10.3. The average Bonchev–Trinajstić information content (AvgIpc) is 2.93. The van der Waals surface area contributed by atoms with Gasteiger partial charge in [0.15, 0.2) is 23.1 Å². The number of hydrogen-bond donors (Lipinski definition) is 1. The van der Waals surface area contributed by atoms with Gasteiger partial charge >= 0.3 is 0 Å². The second-order valence-corrected chi connectivity index (χ2v) is 5.59. The van der Waals surface area contributed by atoms with Crippen LogP contribution < -0.4 is 9.47 Å². The van der Waals surface area contributed by atoms with E-state index in [4.69, 9.17) is 9.47 Å². The van der Waals surface area contributed by atoms with E-state index in [-0.39, 0.29) is 17.9 Å². The molecule has 1 N–H and O–H groups in total. The highest BCUT2D eigenvalue weighted by Gasteiger charge is 2.24. The first-order valence-electron chi connectivity index (χ1n) is 6.20. The monoisotopic (exact) mass is 356 g/mol. The molecule has 3 rings (SSSR count). The minimum Gasteiger partial charge on any atom is -0.454 e. The van der Waals surface area contributed by atoms with Crippen LogP contribution in [0.1, 0.15) is 22.8 Å². The van der Waals surface area contributed by atoms with Crippen molar-refractivity contribution in [3.8, 4) is 11.5 Å². The summed E-state index contributed by atoms with van der Waals surface area (Å²) >= 11 is 3.30. The van der Waals surface area contributed by atoms with Crippen LogP contribution in [0.2, 0.25) is 0 Å². The van der Waals surface area contributed by atoms with Gasteiger partial charge < -0.3 is 14.6 Å². The molecule has 110 valence electrons. The third kappa shape index (κ3) is 2.38. The van der Waals surface area contributed by atoms with Gasteiger partial charge in [0.05, 0.1) is 4.47 Å². The van der Waals surface area contributed by atoms with Crippen LogP contribution in [0, 0.1) is 18.6 Å². The first-order chi connectivity index (χ1) is 9.99. The normalized spacial score (nSPS) is 14.3. The van der Waals surface area contributed by atoms with Gasteiger partial charge in [0, 0.05) is 5.56 Å². The summed E-state index contributed by atoms with van der Waals surface area (Å²) in [6, 6.07) is 5.94. The molecule has 0 saturated carbocycles. The van der Waals surface area contributed by atoms with E-state index < -0.39 is 17.7 Å². The number of aryl methyl sites for hydroxylation is 1. The Balaban J connectivity index is 2.05. The van der Waals surface area contributed by atoms with Gasteiger partial charge in [-0.05, 0) is 46.1 Å². The van der Waals surface area contributed by atoms with Gasteiger partial charge in [-0.2, -0.15) is 0 Å². The van der Waals surface area contributed by atoms with E-state index in [2.05, 4.69) is 15.9 Å². The molecule has 1 unspecified atom stereocenters.